The number of hydrogen-bond donors (Lipinski definition) is 0. The topological polar surface area (TPSA) is 49.9 Å². The van der Waals surface area contributed by atoms with Crippen molar-refractivity contribution in [3.05, 3.63) is 100 Å². The lowest BCUT2D eigenvalue weighted by molar-refractivity contribution is -0.265. The molecule has 1 fully saturated rings. The summed E-state index contributed by atoms with van der Waals surface area (Å²) in [5.74, 6) is 0. The Hall–Kier alpha value is -2.03. The molecule has 1 saturated heterocycles. The first-order valence-electron chi connectivity index (χ1n) is 9.65. The lowest BCUT2D eigenvalue weighted by Gasteiger charge is -2.44. The Morgan fingerprint density at radius 3 is 2.17 bits per heavy atom. The predicted molar refractivity (Wildman–Crippen MR) is 120 cm³/mol. The van der Waals surface area contributed by atoms with Gasteiger partial charge in [0.1, 0.15) is 12.3 Å². The fourth-order valence-electron chi connectivity index (χ4n) is 3.66. The molecule has 30 heavy (non-hydrogen) atoms. The van der Waals surface area contributed by atoms with E-state index in [-0.39, 0.29) is 11.4 Å². The van der Waals surface area contributed by atoms with Gasteiger partial charge in [0.05, 0.1) is 4.90 Å². The van der Waals surface area contributed by atoms with Crippen molar-refractivity contribution in [2.24, 2.45) is 0 Å². The first-order chi connectivity index (χ1) is 14.4. The molecule has 4 rings (SSSR count). The molecule has 7 heteroatoms. The number of benzene rings is 3. The van der Waals surface area contributed by atoms with Crippen molar-refractivity contribution in [1.29, 1.82) is 0 Å². The fourth-order valence-corrected chi connectivity index (χ4v) is 5.52. The Morgan fingerprint density at radius 1 is 0.900 bits per heavy atom. The van der Waals surface area contributed by atoms with E-state index in [2.05, 4.69) is 15.9 Å². The molecule has 0 aromatic heterocycles. The van der Waals surface area contributed by atoms with Crippen LogP contribution in [0.2, 0.25) is 0 Å². The van der Waals surface area contributed by atoms with Gasteiger partial charge < -0.3 is 0 Å². The van der Waals surface area contributed by atoms with Crippen molar-refractivity contribution in [2.45, 2.75) is 24.1 Å². The predicted octanol–water partition coefficient (Wildman–Crippen LogP) is 5.07. The minimum absolute atomic E-state index is 0.210. The van der Waals surface area contributed by atoms with Crippen LogP contribution in [-0.4, -0.2) is 31.4 Å². The van der Waals surface area contributed by atoms with E-state index in [4.69, 9.17) is 4.84 Å². The summed E-state index contributed by atoms with van der Waals surface area (Å²) in [7, 11) is -1.98. The maximum absolute atomic E-state index is 13.7. The molecule has 1 heterocycles. The summed E-state index contributed by atoms with van der Waals surface area (Å²) in [5.41, 5.74) is 2.78. The fraction of sp³-hybridized carbons (Fsp3) is 0.217. The zero-order valence-electron chi connectivity index (χ0n) is 16.8. The molecule has 1 aliphatic heterocycles. The van der Waals surface area contributed by atoms with E-state index in [0.717, 1.165) is 21.2 Å². The number of nitrogens with zero attached hydrogens (tertiary/aromatic N) is 2. The molecule has 2 atom stereocenters. The summed E-state index contributed by atoms with van der Waals surface area (Å²) in [4.78, 5) is 6.45. The molecule has 0 saturated carbocycles. The molecule has 0 spiro atoms. The van der Waals surface area contributed by atoms with Crippen LogP contribution in [0.25, 0.3) is 0 Å². The van der Waals surface area contributed by atoms with E-state index in [0.29, 0.717) is 0 Å². The molecule has 0 bridgehead atoms. The Morgan fingerprint density at radius 2 is 1.53 bits per heavy atom. The molecule has 3 aromatic rings. The van der Waals surface area contributed by atoms with E-state index in [9.17, 15) is 8.42 Å². The molecule has 0 radical (unpaired) electrons. The Bertz CT molecular complexity index is 1100. The molecule has 156 valence electrons. The summed E-state index contributed by atoms with van der Waals surface area (Å²) in [5, 5.41) is 1.64. The van der Waals surface area contributed by atoms with Gasteiger partial charge in [0.2, 0.25) is 10.0 Å². The third kappa shape index (κ3) is 4.22. The SMILES string of the molecule is Cc1ccc(S(=O)(=O)N2C[C@H](c3ccc(Br)cc3)ON(C)[C@@H]2c2ccccc2)cc1. The van der Waals surface area contributed by atoms with Crippen LogP contribution < -0.4 is 0 Å². The van der Waals surface area contributed by atoms with Crippen LogP contribution in [0.4, 0.5) is 0 Å². The van der Waals surface area contributed by atoms with E-state index in [1.54, 1.807) is 24.2 Å². The largest absolute Gasteiger partial charge is 0.288 e. The van der Waals surface area contributed by atoms with Gasteiger partial charge in [-0.3, -0.25) is 4.84 Å². The van der Waals surface area contributed by atoms with Gasteiger partial charge in [-0.25, -0.2) is 8.42 Å². The standard InChI is InChI=1S/C23H23BrN2O3S/c1-17-8-14-21(15-9-17)30(27,28)26-16-22(18-10-12-20(24)13-11-18)29-25(2)23(26)19-6-4-3-5-7-19/h3-15,22-23H,16H2,1-2H3/t22-,23+/m1/s1. The third-order valence-corrected chi connectivity index (χ3v) is 7.59. The molecule has 0 N–H and O–H groups in total. The molecule has 0 aliphatic carbocycles. The number of rotatable bonds is 4. The molecule has 0 unspecified atom stereocenters. The van der Waals surface area contributed by atoms with E-state index in [1.807, 2.05) is 73.7 Å². The van der Waals surface area contributed by atoms with E-state index in [1.165, 1.54) is 4.31 Å². The first-order valence-corrected chi connectivity index (χ1v) is 11.9. The second kappa shape index (κ2) is 8.61. The van der Waals surface area contributed by atoms with Crippen molar-refractivity contribution in [3.8, 4) is 0 Å². The summed E-state index contributed by atoms with van der Waals surface area (Å²) in [6.45, 7) is 2.15. The van der Waals surface area contributed by atoms with Crippen LogP contribution >= 0.6 is 15.9 Å². The van der Waals surface area contributed by atoms with Crippen LogP contribution in [0.5, 0.6) is 0 Å². The number of aryl methyl sites for hydroxylation is 1. The minimum atomic E-state index is -3.76. The van der Waals surface area contributed by atoms with Gasteiger partial charge in [-0.2, -0.15) is 9.37 Å². The van der Waals surface area contributed by atoms with Crippen LogP contribution in [0.3, 0.4) is 0 Å². The molecule has 1 aliphatic rings. The van der Waals surface area contributed by atoms with Crippen molar-refractivity contribution in [3.63, 3.8) is 0 Å². The van der Waals surface area contributed by atoms with Crippen molar-refractivity contribution in [2.75, 3.05) is 13.6 Å². The maximum Gasteiger partial charge on any atom is 0.244 e. The van der Waals surface area contributed by atoms with Crippen LogP contribution in [0, 0.1) is 6.92 Å². The second-order valence-electron chi connectivity index (χ2n) is 7.36. The monoisotopic (exact) mass is 486 g/mol. The molecular weight excluding hydrogens is 464 g/mol. The number of hydrogen-bond acceptors (Lipinski definition) is 4. The smallest absolute Gasteiger partial charge is 0.244 e. The highest BCUT2D eigenvalue weighted by Gasteiger charge is 2.42. The summed E-state index contributed by atoms with van der Waals surface area (Å²) in [6.07, 6.45) is -0.979. The van der Waals surface area contributed by atoms with Gasteiger partial charge in [-0.15, -0.1) is 0 Å². The quantitative estimate of drug-likeness (QED) is 0.516. The lowest BCUT2D eigenvalue weighted by Crippen LogP contribution is -2.50. The molecular formula is C23H23BrN2O3S. The third-order valence-electron chi connectivity index (χ3n) is 5.22. The normalized spacial score (nSPS) is 20.9. The van der Waals surface area contributed by atoms with Crippen LogP contribution in [-0.2, 0) is 14.9 Å². The minimum Gasteiger partial charge on any atom is -0.288 e. The zero-order chi connectivity index (χ0) is 21.3. The number of sulfonamides is 1. The summed E-state index contributed by atoms with van der Waals surface area (Å²) >= 11 is 3.44. The van der Waals surface area contributed by atoms with Crippen molar-refractivity contribution >= 4 is 26.0 Å². The second-order valence-corrected chi connectivity index (χ2v) is 10.2. The van der Waals surface area contributed by atoms with Gasteiger partial charge in [0.15, 0.2) is 0 Å². The Labute approximate surface area is 186 Å². The highest BCUT2D eigenvalue weighted by molar-refractivity contribution is 9.10. The Balaban J connectivity index is 1.77. The van der Waals surface area contributed by atoms with Gasteiger partial charge in [-0.05, 0) is 42.3 Å². The first kappa shape index (κ1) is 21.2. The van der Waals surface area contributed by atoms with Gasteiger partial charge in [0.25, 0.3) is 0 Å². The van der Waals surface area contributed by atoms with E-state index >= 15 is 0 Å². The van der Waals surface area contributed by atoms with Crippen molar-refractivity contribution < 1.29 is 13.3 Å². The molecule has 0 amide bonds. The highest BCUT2D eigenvalue weighted by atomic mass is 79.9. The van der Waals surface area contributed by atoms with Crippen molar-refractivity contribution in [1.82, 2.24) is 9.37 Å². The average molecular weight is 487 g/mol. The van der Waals surface area contributed by atoms with Gasteiger partial charge >= 0.3 is 0 Å². The maximum atomic E-state index is 13.7. The number of halogens is 1. The average Bonchev–Trinajstić information content (AvgIpc) is 2.74. The van der Waals surface area contributed by atoms with Crippen LogP contribution in [0.15, 0.2) is 88.2 Å². The van der Waals surface area contributed by atoms with E-state index < -0.39 is 22.3 Å². The summed E-state index contributed by atoms with van der Waals surface area (Å²) in [6, 6.07) is 24.3. The molecule has 5 nitrogen and oxygen atoms in total. The molecule has 3 aromatic carbocycles. The Kier molecular flexibility index (Phi) is 6.09. The van der Waals surface area contributed by atoms with Gasteiger partial charge in [0, 0.05) is 18.1 Å². The van der Waals surface area contributed by atoms with Crippen LogP contribution in [0.1, 0.15) is 29.0 Å². The number of hydroxylamine groups is 2. The summed E-state index contributed by atoms with van der Waals surface area (Å²) < 4.78 is 29.9. The lowest BCUT2D eigenvalue weighted by atomic mass is 10.1. The van der Waals surface area contributed by atoms with Gasteiger partial charge in [-0.1, -0.05) is 76.1 Å². The zero-order valence-corrected chi connectivity index (χ0v) is 19.2. The highest BCUT2D eigenvalue weighted by Crippen LogP contribution is 2.38.